The summed E-state index contributed by atoms with van der Waals surface area (Å²) in [5.74, 6) is 0. The van der Waals surface area contributed by atoms with Crippen molar-refractivity contribution >= 4 is 21.6 Å². The maximum Gasteiger partial charge on any atom is 0.286 e. The van der Waals surface area contributed by atoms with Gasteiger partial charge in [-0.2, -0.15) is 0 Å². The minimum Gasteiger partial charge on any atom is -0.307 e. The molecule has 1 aliphatic rings. The quantitative estimate of drug-likeness (QED) is 0.625. The molecule has 0 aliphatic carbocycles. The van der Waals surface area contributed by atoms with E-state index in [0.717, 1.165) is 19.6 Å². The van der Waals surface area contributed by atoms with Crippen LogP contribution in [0.25, 0.3) is 0 Å². The lowest BCUT2D eigenvalue weighted by atomic mass is 10.1. The highest BCUT2D eigenvalue weighted by Crippen LogP contribution is 2.14. The van der Waals surface area contributed by atoms with Gasteiger partial charge < -0.3 is 9.47 Å². The molecule has 0 amide bonds. The summed E-state index contributed by atoms with van der Waals surface area (Å²) in [6, 6.07) is 1.25. The summed E-state index contributed by atoms with van der Waals surface area (Å²) in [7, 11) is 0. The lowest BCUT2D eigenvalue weighted by Gasteiger charge is -2.26. The zero-order chi connectivity index (χ0) is 13.8. The van der Waals surface area contributed by atoms with Crippen LogP contribution in [-0.4, -0.2) is 34.0 Å². The standard InChI is InChI=1S/C12H16BrN3O3/c13-11-8-10(16(18)19)9-15(12(11)17)7-6-14-4-2-1-3-5-14/h8-9H,1-7H2. The van der Waals surface area contributed by atoms with Gasteiger partial charge in [0.2, 0.25) is 0 Å². The summed E-state index contributed by atoms with van der Waals surface area (Å²) < 4.78 is 1.65. The topological polar surface area (TPSA) is 68.4 Å². The maximum absolute atomic E-state index is 11.9. The molecule has 1 saturated heterocycles. The van der Waals surface area contributed by atoms with Gasteiger partial charge in [-0.05, 0) is 41.9 Å². The number of nitro groups is 1. The van der Waals surface area contributed by atoms with Crippen molar-refractivity contribution in [1.29, 1.82) is 0 Å². The Morgan fingerprint density at radius 3 is 2.58 bits per heavy atom. The van der Waals surface area contributed by atoms with Crippen LogP contribution in [0.2, 0.25) is 0 Å². The predicted octanol–water partition coefficient (Wildman–Crippen LogP) is 2.00. The van der Waals surface area contributed by atoms with E-state index < -0.39 is 4.92 Å². The molecule has 1 aromatic heterocycles. The predicted molar refractivity (Wildman–Crippen MR) is 75.3 cm³/mol. The van der Waals surface area contributed by atoms with E-state index in [9.17, 15) is 14.9 Å². The number of halogens is 1. The summed E-state index contributed by atoms with van der Waals surface area (Å²) in [5.41, 5.74) is -0.285. The van der Waals surface area contributed by atoms with Gasteiger partial charge in [-0.25, -0.2) is 0 Å². The molecule has 0 spiro atoms. The second kappa shape index (κ2) is 6.29. The number of hydrogen-bond donors (Lipinski definition) is 0. The summed E-state index contributed by atoms with van der Waals surface area (Å²) in [6.07, 6.45) is 4.96. The van der Waals surface area contributed by atoms with E-state index in [1.165, 1.54) is 36.1 Å². The van der Waals surface area contributed by atoms with E-state index in [1.54, 1.807) is 0 Å². The van der Waals surface area contributed by atoms with E-state index in [-0.39, 0.29) is 15.7 Å². The number of hydrogen-bond acceptors (Lipinski definition) is 4. The van der Waals surface area contributed by atoms with Gasteiger partial charge in [0.25, 0.3) is 11.2 Å². The first-order valence-corrected chi connectivity index (χ1v) is 7.14. The molecule has 2 rings (SSSR count). The number of pyridine rings is 1. The highest BCUT2D eigenvalue weighted by atomic mass is 79.9. The van der Waals surface area contributed by atoms with E-state index in [1.807, 2.05) is 0 Å². The zero-order valence-electron chi connectivity index (χ0n) is 10.5. The molecule has 1 fully saturated rings. The fourth-order valence-corrected chi connectivity index (χ4v) is 2.74. The van der Waals surface area contributed by atoms with Gasteiger partial charge in [-0.15, -0.1) is 0 Å². The van der Waals surface area contributed by atoms with E-state index >= 15 is 0 Å². The third-order valence-electron chi connectivity index (χ3n) is 3.34. The number of aromatic nitrogens is 1. The molecule has 0 radical (unpaired) electrons. The number of likely N-dealkylation sites (tertiary alicyclic amines) is 1. The van der Waals surface area contributed by atoms with E-state index in [4.69, 9.17) is 0 Å². The van der Waals surface area contributed by atoms with Crippen LogP contribution >= 0.6 is 15.9 Å². The summed E-state index contributed by atoms with van der Waals surface area (Å²) in [4.78, 5) is 24.5. The van der Waals surface area contributed by atoms with Crippen molar-refractivity contribution in [2.75, 3.05) is 19.6 Å². The van der Waals surface area contributed by atoms with Crippen molar-refractivity contribution < 1.29 is 4.92 Å². The molecule has 6 nitrogen and oxygen atoms in total. The highest BCUT2D eigenvalue weighted by molar-refractivity contribution is 9.10. The van der Waals surface area contributed by atoms with Crippen LogP contribution in [0.1, 0.15) is 19.3 Å². The van der Waals surface area contributed by atoms with Gasteiger partial charge in [0.05, 0.1) is 15.6 Å². The lowest BCUT2D eigenvalue weighted by molar-refractivity contribution is -0.385. The summed E-state index contributed by atoms with van der Waals surface area (Å²) in [5, 5.41) is 10.8. The second-order valence-electron chi connectivity index (χ2n) is 4.70. The molecule has 1 aliphatic heterocycles. The van der Waals surface area contributed by atoms with Gasteiger partial charge in [0, 0.05) is 19.2 Å². The Morgan fingerprint density at radius 1 is 1.26 bits per heavy atom. The Balaban J connectivity index is 2.10. The van der Waals surface area contributed by atoms with Crippen molar-refractivity contribution in [3.05, 3.63) is 37.2 Å². The normalized spacial score (nSPS) is 16.5. The molecule has 7 heteroatoms. The third kappa shape index (κ3) is 3.63. The first-order valence-electron chi connectivity index (χ1n) is 6.34. The number of rotatable bonds is 4. The van der Waals surface area contributed by atoms with Gasteiger partial charge in [-0.1, -0.05) is 6.42 Å². The Hall–Kier alpha value is -1.21. The zero-order valence-corrected chi connectivity index (χ0v) is 12.1. The molecule has 19 heavy (non-hydrogen) atoms. The van der Waals surface area contributed by atoms with Crippen molar-refractivity contribution in [2.24, 2.45) is 0 Å². The molecule has 0 saturated carbocycles. The molecular weight excluding hydrogens is 314 g/mol. The Morgan fingerprint density at radius 2 is 1.95 bits per heavy atom. The first kappa shape index (κ1) is 14.2. The third-order valence-corrected chi connectivity index (χ3v) is 3.91. The van der Waals surface area contributed by atoms with Crippen LogP contribution in [0.5, 0.6) is 0 Å². The van der Waals surface area contributed by atoms with Crippen molar-refractivity contribution in [1.82, 2.24) is 9.47 Å². The Labute approximate surface area is 119 Å². The molecule has 0 aromatic carbocycles. The van der Waals surface area contributed by atoms with Crippen molar-refractivity contribution in [2.45, 2.75) is 25.8 Å². The lowest BCUT2D eigenvalue weighted by Crippen LogP contribution is -2.34. The molecule has 0 bridgehead atoms. The molecule has 104 valence electrons. The van der Waals surface area contributed by atoms with Crippen molar-refractivity contribution in [3.63, 3.8) is 0 Å². The van der Waals surface area contributed by atoms with Crippen LogP contribution in [0.4, 0.5) is 5.69 Å². The van der Waals surface area contributed by atoms with Crippen molar-refractivity contribution in [3.8, 4) is 0 Å². The Bertz CT molecular complexity index is 523. The van der Waals surface area contributed by atoms with Gasteiger partial charge >= 0.3 is 0 Å². The van der Waals surface area contributed by atoms with Crippen LogP contribution in [0.3, 0.4) is 0 Å². The fraction of sp³-hybridized carbons (Fsp3) is 0.583. The second-order valence-corrected chi connectivity index (χ2v) is 5.56. The highest BCUT2D eigenvalue weighted by Gasteiger charge is 2.14. The first-order chi connectivity index (χ1) is 9.08. The summed E-state index contributed by atoms with van der Waals surface area (Å²) in [6.45, 7) is 3.34. The molecule has 1 aromatic rings. The van der Waals surface area contributed by atoms with E-state index in [2.05, 4.69) is 20.8 Å². The molecule has 0 atom stereocenters. The van der Waals surface area contributed by atoms with Crippen LogP contribution in [0.15, 0.2) is 21.5 Å². The van der Waals surface area contributed by atoms with E-state index in [0.29, 0.717) is 6.54 Å². The molecular formula is C12H16BrN3O3. The minimum absolute atomic E-state index is 0.0647. The minimum atomic E-state index is -0.485. The van der Waals surface area contributed by atoms with Crippen LogP contribution < -0.4 is 5.56 Å². The van der Waals surface area contributed by atoms with Gasteiger partial charge in [-0.3, -0.25) is 14.9 Å². The summed E-state index contributed by atoms with van der Waals surface area (Å²) >= 11 is 3.08. The monoisotopic (exact) mass is 329 g/mol. The number of piperidine rings is 1. The smallest absolute Gasteiger partial charge is 0.286 e. The maximum atomic E-state index is 11.9. The average Bonchev–Trinajstić information content (AvgIpc) is 2.41. The molecule has 2 heterocycles. The molecule has 0 N–H and O–H groups in total. The SMILES string of the molecule is O=c1c(Br)cc([N+](=O)[O-])cn1CCN1CCCCC1. The Kier molecular flexibility index (Phi) is 4.71. The van der Waals surface area contributed by atoms with Gasteiger partial charge in [0.1, 0.15) is 0 Å². The van der Waals surface area contributed by atoms with Crippen LogP contribution in [-0.2, 0) is 6.54 Å². The van der Waals surface area contributed by atoms with Crippen LogP contribution in [0, 0.1) is 10.1 Å². The van der Waals surface area contributed by atoms with Gasteiger partial charge in [0.15, 0.2) is 0 Å². The molecule has 0 unspecified atom stereocenters. The fourth-order valence-electron chi connectivity index (χ4n) is 2.28. The largest absolute Gasteiger partial charge is 0.307 e. The number of nitrogens with zero attached hydrogens (tertiary/aromatic N) is 3. The average molecular weight is 330 g/mol.